The van der Waals surface area contributed by atoms with E-state index in [0.29, 0.717) is 11.9 Å². The summed E-state index contributed by atoms with van der Waals surface area (Å²) in [6.45, 7) is 2.92. The van der Waals surface area contributed by atoms with Crippen molar-refractivity contribution in [2.24, 2.45) is 0 Å². The number of hydrogen-bond acceptors (Lipinski definition) is 6. The Bertz CT molecular complexity index is 1060. The van der Waals surface area contributed by atoms with Crippen LogP contribution in [0.4, 0.5) is 11.6 Å². The molecule has 1 amide bonds. The summed E-state index contributed by atoms with van der Waals surface area (Å²) in [6.07, 6.45) is 6.19. The van der Waals surface area contributed by atoms with Gasteiger partial charge in [-0.25, -0.2) is 9.97 Å². The van der Waals surface area contributed by atoms with Crippen molar-refractivity contribution < 1.29 is 4.79 Å². The minimum Gasteiger partial charge on any atom is -0.368 e. The van der Waals surface area contributed by atoms with Crippen LogP contribution >= 0.6 is 0 Å². The molecule has 7 nitrogen and oxygen atoms in total. The van der Waals surface area contributed by atoms with Crippen LogP contribution in [0, 0.1) is 0 Å². The van der Waals surface area contributed by atoms with E-state index in [9.17, 15) is 4.79 Å². The maximum Gasteiger partial charge on any atom is 0.242 e. The quantitative estimate of drug-likeness (QED) is 0.494. The number of amides is 1. The third kappa shape index (κ3) is 4.68. The van der Waals surface area contributed by atoms with Crippen LogP contribution in [0.15, 0.2) is 48.7 Å². The molecule has 2 aliphatic heterocycles. The maximum atomic E-state index is 12.2. The Morgan fingerprint density at radius 3 is 2.58 bits per heavy atom. The summed E-state index contributed by atoms with van der Waals surface area (Å²) in [7, 11) is 0. The van der Waals surface area contributed by atoms with Crippen LogP contribution in [0.2, 0.25) is 0 Å². The predicted molar refractivity (Wildman–Crippen MR) is 124 cm³/mol. The highest BCUT2D eigenvalue weighted by atomic mass is 16.2. The third-order valence-electron chi connectivity index (χ3n) is 6.11. The van der Waals surface area contributed by atoms with E-state index in [-0.39, 0.29) is 11.9 Å². The molecule has 2 atom stereocenters. The third-order valence-corrected chi connectivity index (χ3v) is 6.11. The number of hydrogen-bond donors (Lipinski definition) is 4. The Balaban J connectivity index is 1.26. The SMILES string of the molecule is O=C(Nc1ccc(-c2ccc3nc(NCC4CCCN4)ccc3c2)cn1)C1CCCN1. The highest BCUT2D eigenvalue weighted by molar-refractivity contribution is 5.94. The van der Waals surface area contributed by atoms with Crippen LogP contribution in [0.5, 0.6) is 0 Å². The van der Waals surface area contributed by atoms with Crippen LogP contribution in [-0.2, 0) is 4.79 Å². The molecule has 2 saturated heterocycles. The first-order chi connectivity index (χ1) is 15.2. The number of aromatic nitrogens is 2. The van der Waals surface area contributed by atoms with Crippen LogP contribution in [0.1, 0.15) is 25.7 Å². The van der Waals surface area contributed by atoms with Gasteiger partial charge in [-0.2, -0.15) is 0 Å². The van der Waals surface area contributed by atoms with E-state index < -0.39 is 0 Å². The lowest BCUT2D eigenvalue weighted by Gasteiger charge is -2.13. The molecule has 31 heavy (non-hydrogen) atoms. The highest BCUT2D eigenvalue weighted by Crippen LogP contribution is 2.25. The lowest BCUT2D eigenvalue weighted by atomic mass is 10.0. The minimum absolute atomic E-state index is 0.0114. The second-order valence-corrected chi connectivity index (χ2v) is 8.35. The van der Waals surface area contributed by atoms with Crippen molar-refractivity contribution in [1.29, 1.82) is 0 Å². The van der Waals surface area contributed by atoms with E-state index in [0.717, 1.165) is 60.3 Å². The fraction of sp³-hybridized carbons (Fsp3) is 0.375. The van der Waals surface area contributed by atoms with Gasteiger partial charge in [0.15, 0.2) is 0 Å². The first-order valence-electron chi connectivity index (χ1n) is 11.1. The monoisotopic (exact) mass is 416 g/mol. The first-order valence-corrected chi connectivity index (χ1v) is 11.1. The largest absolute Gasteiger partial charge is 0.368 e. The van der Waals surface area contributed by atoms with E-state index in [2.05, 4.69) is 44.5 Å². The topological polar surface area (TPSA) is 91.0 Å². The summed E-state index contributed by atoms with van der Waals surface area (Å²) >= 11 is 0. The number of rotatable bonds is 6. The van der Waals surface area contributed by atoms with Crippen molar-refractivity contribution in [3.63, 3.8) is 0 Å². The first kappa shape index (κ1) is 19.9. The molecule has 0 spiro atoms. The average molecular weight is 417 g/mol. The van der Waals surface area contributed by atoms with Gasteiger partial charge in [0, 0.05) is 29.7 Å². The molecular formula is C24H28N6O. The molecule has 0 bridgehead atoms. The second-order valence-electron chi connectivity index (χ2n) is 8.35. The molecule has 5 rings (SSSR count). The molecule has 1 aromatic carbocycles. The van der Waals surface area contributed by atoms with E-state index >= 15 is 0 Å². The Hall–Kier alpha value is -3.03. The zero-order valence-electron chi connectivity index (χ0n) is 17.5. The summed E-state index contributed by atoms with van der Waals surface area (Å²) < 4.78 is 0. The molecule has 0 saturated carbocycles. The molecular weight excluding hydrogens is 388 g/mol. The van der Waals surface area contributed by atoms with Gasteiger partial charge in [0.2, 0.25) is 5.91 Å². The van der Waals surface area contributed by atoms with Gasteiger partial charge in [0.25, 0.3) is 0 Å². The van der Waals surface area contributed by atoms with Crippen LogP contribution < -0.4 is 21.3 Å². The minimum atomic E-state index is -0.108. The Morgan fingerprint density at radius 2 is 1.81 bits per heavy atom. The number of carbonyl (C=O) groups excluding carboxylic acids is 1. The predicted octanol–water partition coefficient (Wildman–Crippen LogP) is 3.15. The summed E-state index contributed by atoms with van der Waals surface area (Å²) in [5, 5.41) is 14.1. The van der Waals surface area contributed by atoms with Crippen LogP contribution in [-0.4, -0.2) is 47.6 Å². The van der Waals surface area contributed by atoms with Crippen LogP contribution in [0.3, 0.4) is 0 Å². The molecule has 4 N–H and O–H groups in total. The number of nitrogens with zero attached hydrogens (tertiary/aromatic N) is 2. The summed E-state index contributed by atoms with van der Waals surface area (Å²) in [6, 6.07) is 14.7. The summed E-state index contributed by atoms with van der Waals surface area (Å²) in [5.41, 5.74) is 3.05. The lowest BCUT2D eigenvalue weighted by molar-refractivity contribution is -0.117. The normalized spacial score (nSPS) is 20.8. The van der Waals surface area contributed by atoms with Crippen molar-refractivity contribution in [3.05, 3.63) is 48.7 Å². The zero-order chi connectivity index (χ0) is 21.0. The number of anilines is 2. The molecule has 7 heteroatoms. The van der Waals surface area contributed by atoms with E-state index in [1.807, 2.05) is 24.3 Å². The van der Waals surface area contributed by atoms with Crippen molar-refractivity contribution in [3.8, 4) is 11.1 Å². The van der Waals surface area contributed by atoms with Crippen molar-refractivity contribution in [2.75, 3.05) is 30.3 Å². The molecule has 2 aliphatic rings. The standard InChI is InChI=1S/C24H28N6O/c31-24(21-4-2-12-26-21)30-23-10-7-18(14-27-23)16-5-8-20-17(13-16)6-9-22(29-20)28-15-19-3-1-11-25-19/h5-10,13-14,19,21,25-26H,1-4,11-12,15H2,(H,28,29)(H,27,30,31). The fourth-order valence-corrected chi connectivity index (χ4v) is 4.32. The van der Waals surface area contributed by atoms with Gasteiger partial charge in [-0.3, -0.25) is 4.79 Å². The number of nitrogens with one attached hydrogen (secondary N) is 4. The average Bonchev–Trinajstić information content (AvgIpc) is 3.52. The molecule has 2 fully saturated rings. The van der Waals surface area contributed by atoms with Gasteiger partial charge < -0.3 is 21.3 Å². The Kier molecular flexibility index (Phi) is 5.78. The zero-order valence-corrected chi connectivity index (χ0v) is 17.5. The summed E-state index contributed by atoms with van der Waals surface area (Å²) in [4.78, 5) is 21.4. The van der Waals surface area contributed by atoms with E-state index in [4.69, 9.17) is 4.98 Å². The van der Waals surface area contributed by atoms with Gasteiger partial charge in [-0.05, 0) is 80.7 Å². The number of benzene rings is 1. The Labute approximate surface area is 182 Å². The maximum absolute atomic E-state index is 12.2. The van der Waals surface area contributed by atoms with Crippen molar-refractivity contribution in [1.82, 2.24) is 20.6 Å². The lowest BCUT2D eigenvalue weighted by Crippen LogP contribution is -2.35. The van der Waals surface area contributed by atoms with E-state index in [1.165, 1.54) is 12.8 Å². The molecule has 2 unspecified atom stereocenters. The van der Waals surface area contributed by atoms with Gasteiger partial charge in [-0.15, -0.1) is 0 Å². The van der Waals surface area contributed by atoms with Gasteiger partial charge in [0.05, 0.1) is 11.6 Å². The number of carbonyl (C=O) groups is 1. The smallest absolute Gasteiger partial charge is 0.242 e. The molecule has 3 aromatic rings. The summed E-state index contributed by atoms with van der Waals surface area (Å²) in [5.74, 6) is 1.48. The fourth-order valence-electron chi connectivity index (χ4n) is 4.32. The molecule has 2 aromatic heterocycles. The molecule has 0 radical (unpaired) electrons. The molecule has 160 valence electrons. The molecule has 4 heterocycles. The van der Waals surface area contributed by atoms with Crippen molar-refractivity contribution in [2.45, 2.75) is 37.8 Å². The molecule has 0 aliphatic carbocycles. The Morgan fingerprint density at radius 1 is 0.968 bits per heavy atom. The van der Waals surface area contributed by atoms with Gasteiger partial charge in [-0.1, -0.05) is 6.07 Å². The highest BCUT2D eigenvalue weighted by Gasteiger charge is 2.22. The number of fused-ring (bicyclic) bond motifs is 1. The van der Waals surface area contributed by atoms with Gasteiger partial charge >= 0.3 is 0 Å². The van der Waals surface area contributed by atoms with Crippen LogP contribution in [0.25, 0.3) is 22.0 Å². The van der Waals surface area contributed by atoms with Gasteiger partial charge in [0.1, 0.15) is 11.6 Å². The van der Waals surface area contributed by atoms with E-state index in [1.54, 1.807) is 6.20 Å². The van der Waals surface area contributed by atoms with Crippen molar-refractivity contribution >= 4 is 28.4 Å². The number of pyridine rings is 2. The second kappa shape index (κ2) is 8.99.